The molecule has 0 amide bonds. The van der Waals surface area contributed by atoms with Crippen LogP contribution >= 0.6 is 0 Å². The van der Waals surface area contributed by atoms with Crippen LogP contribution in [0.1, 0.15) is 11.1 Å². The number of phenols is 2. The van der Waals surface area contributed by atoms with Crippen LogP contribution in [0.2, 0.25) is 0 Å². The van der Waals surface area contributed by atoms with E-state index in [4.69, 9.17) is 0 Å². The molecule has 0 atom stereocenters. The van der Waals surface area contributed by atoms with Gasteiger partial charge < -0.3 is 10.2 Å². The fourth-order valence-electron chi connectivity index (χ4n) is 7.91. The monoisotopic (exact) mass is 640 g/mol. The average molecular weight is 641 g/mol. The molecule has 0 aromatic heterocycles. The first-order valence-electron chi connectivity index (χ1n) is 16.8. The summed E-state index contributed by atoms with van der Waals surface area (Å²) in [5.74, 6) is 0.233. The Morgan fingerprint density at radius 3 is 1.26 bits per heavy atom. The Balaban J connectivity index is 1.43. The van der Waals surface area contributed by atoms with E-state index in [2.05, 4.69) is 98.1 Å². The van der Waals surface area contributed by atoms with Crippen molar-refractivity contribution in [3.63, 3.8) is 0 Å². The topological polar surface area (TPSA) is 40.5 Å². The van der Waals surface area contributed by atoms with E-state index in [9.17, 15) is 10.2 Å². The molecule has 0 saturated heterocycles. The van der Waals surface area contributed by atoms with E-state index < -0.39 is 0 Å². The van der Waals surface area contributed by atoms with Crippen molar-refractivity contribution in [2.24, 2.45) is 0 Å². The third-order valence-corrected chi connectivity index (χ3v) is 10.2. The van der Waals surface area contributed by atoms with Gasteiger partial charge in [0, 0.05) is 22.3 Å². The Morgan fingerprint density at radius 1 is 0.360 bits per heavy atom. The van der Waals surface area contributed by atoms with Crippen molar-refractivity contribution >= 4 is 66.0 Å². The molecule has 2 N–H and O–H groups in total. The number of benzene rings is 9. The minimum absolute atomic E-state index is 0.108. The number of phenolic OH excluding ortho intramolecular Hbond substituents is 2. The molecule has 0 unspecified atom stereocenters. The fraction of sp³-hybridized carbons (Fsp3) is 0. The quantitative estimate of drug-likeness (QED) is 0.184. The number of aromatic hydroxyl groups is 2. The average Bonchev–Trinajstić information content (AvgIpc) is 3.17. The van der Waals surface area contributed by atoms with Crippen molar-refractivity contribution in [2.45, 2.75) is 0 Å². The van der Waals surface area contributed by atoms with Crippen LogP contribution in [0.3, 0.4) is 0 Å². The van der Waals surface area contributed by atoms with E-state index in [0.717, 1.165) is 76.1 Å². The van der Waals surface area contributed by atoms with Gasteiger partial charge in [0.25, 0.3) is 0 Å². The lowest BCUT2D eigenvalue weighted by atomic mass is 9.84. The molecule has 50 heavy (non-hydrogen) atoms. The van der Waals surface area contributed by atoms with Crippen LogP contribution < -0.4 is 0 Å². The molecule has 0 fully saturated rings. The van der Waals surface area contributed by atoms with Crippen molar-refractivity contribution in [2.75, 3.05) is 0 Å². The molecule has 9 rings (SSSR count). The standard InChI is InChI=1S/C48H32O2/c1-3-29-25-41(39-23-13-11-21-37(39)33(29)4-2)43-27-31-16-6-9-19-35(31)45(47(43)49)46-36-20-10-7-17-32(36)28-44(48(46)50)42-26-30-15-5-8-18-34(30)38-22-12-14-24-40(38)42/h3-28,49-50H,1-2H2. The lowest BCUT2D eigenvalue weighted by Crippen LogP contribution is -1.94. The van der Waals surface area contributed by atoms with Crippen LogP contribution in [-0.2, 0) is 0 Å². The van der Waals surface area contributed by atoms with Gasteiger partial charge in [-0.05, 0) is 100 Å². The Morgan fingerprint density at radius 2 is 0.740 bits per heavy atom. The lowest BCUT2D eigenvalue weighted by Gasteiger charge is -2.21. The van der Waals surface area contributed by atoms with E-state index in [0.29, 0.717) is 22.3 Å². The first-order chi connectivity index (χ1) is 24.6. The Labute approximate surface area is 290 Å². The second-order valence-electron chi connectivity index (χ2n) is 12.8. The molecule has 2 heteroatoms. The van der Waals surface area contributed by atoms with E-state index in [-0.39, 0.29) is 11.5 Å². The summed E-state index contributed by atoms with van der Waals surface area (Å²) in [6, 6.07) is 49.5. The molecule has 0 radical (unpaired) electrons. The molecule has 0 heterocycles. The predicted molar refractivity (Wildman–Crippen MR) is 214 cm³/mol. The van der Waals surface area contributed by atoms with E-state index in [1.807, 2.05) is 72.8 Å². The SMILES string of the molecule is C=Cc1cc(-c2cc3ccccc3c(-c3c(O)c(-c4cc5ccccc5c5ccccc45)cc4ccccc34)c2O)c2ccccc2c1C=C. The summed E-state index contributed by atoms with van der Waals surface area (Å²) >= 11 is 0. The van der Waals surface area contributed by atoms with E-state index in [1.165, 1.54) is 0 Å². The van der Waals surface area contributed by atoms with Gasteiger partial charge in [-0.1, -0.05) is 147 Å². The lowest BCUT2D eigenvalue weighted by molar-refractivity contribution is 0.472. The third kappa shape index (κ3) is 4.36. The van der Waals surface area contributed by atoms with Crippen LogP contribution in [0.25, 0.3) is 99.4 Å². The van der Waals surface area contributed by atoms with Crippen LogP contribution in [-0.4, -0.2) is 10.2 Å². The minimum atomic E-state index is 0.108. The summed E-state index contributed by atoms with van der Waals surface area (Å²) in [7, 11) is 0. The van der Waals surface area contributed by atoms with Crippen molar-refractivity contribution in [1.29, 1.82) is 0 Å². The van der Waals surface area contributed by atoms with Crippen LogP contribution in [0.5, 0.6) is 11.5 Å². The first-order valence-corrected chi connectivity index (χ1v) is 16.8. The highest BCUT2D eigenvalue weighted by molar-refractivity contribution is 6.19. The molecular weight excluding hydrogens is 609 g/mol. The summed E-state index contributed by atoms with van der Waals surface area (Å²) in [4.78, 5) is 0. The molecule has 2 nitrogen and oxygen atoms in total. The predicted octanol–water partition coefficient (Wildman–Crippen LogP) is 13.2. The molecule has 0 aliphatic rings. The Hall–Kier alpha value is -6.64. The highest BCUT2D eigenvalue weighted by Crippen LogP contribution is 2.53. The van der Waals surface area contributed by atoms with Gasteiger partial charge in [0.15, 0.2) is 0 Å². The normalized spacial score (nSPS) is 11.5. The van der Waals surface area contributed by atoms with E-state index >= 15 is 0 Å². The molecule has 9 aromatic carbocycles. The molecule has 0 aliphatic heterocycles. The highest BCUT2D eigenvalue weighted by atomic mass is 16.3. The molecule has 0 saturated carbocycles. The number of hydrogen-bond acceptors (Lipinski definition) is 2. The second-order valence-corrected chi connectivity index (χ2v) is 12.8. The summed E-state index contributed by atoms with van der Waals surface area (Å²) in [5.41, 5.74) is 6.33. The summed E-state index contributed by atoms with van der Waals surface area (Å²) in [5, 5.41) is 35.4. The molecule has 236 valence electrons. The van der Waals surface area contributed by atoms with Gasteiger partial charge in [-0.15, -0.1) is 0 Å². The molecule has 0 bridgehead atoms. The highest BCUT2D eigenvalue weighted by Gasteiger charge is 2.25. The van der Waals surface area contributed by atoms with Gasteiger partial charge in [0.1, 0.15) is 11.5 Å². The summed E-state index contributed by atoms with van der Waals surface area (Å²) in [6.45, 7) is 8.19. The van der Waals surface area contributed by atoms with Crippen molar-refractivity contribution in [1.82, 2.24) is 0 Å². The zero-order chi connectivity index (χ0) is 33.9. The smallest absolute Gasteiger partial charge is 0.132 e. The molecule has 9 aromatic rings. The molecule has 0 aliphatic carbocycles. The summed E-state index contributed by atoms with van der Waals surface area (Å²) in [6.07, 6.45) is 3.70. The number of hydrogen-bond donors (Lipinski definition) is 2. The van der Waals surface area contributed by atoms with Crippen LogP contribution in [0.15, 0.2) is 159 Å². The largest absolute Gasteiger partial charge is 0.507 e. The number of fused-ring (bicyclic) bond motifs is 6. The third-order valence-electron chi connectivity index (χ3n) is 10.2. The maximum Gasteiger partial charge on any atom is 0.132 e. The molecular formula is C48H32O2. The Bertz CT molecular complexity index is 2880. The van der Waals surface area contributed by atoms with Crippen LogP contribution in [0.4, 0.5) is 0 Å². The van der Waals surface area contributed by atoms with Crippen molar-refractivity contribution < 1.29 is 10.2 Å². The zero-order valence-electron chi connectivity index (χ0n) is 27.3. The van der Waals surface area contributed by atoms with Gasteiger partial charge in [-0.2, -0.15) is 0 Å². The minimum Gasteiger partial charge on any atom is -0.507 e. The van der Waals surface area contributed by atoms with Crippen molar-refractivity contribution in [3.05, 3.63) is 170 Å². The first kappa shape index (κ1) is 29.5. The zero-order valence-corrected chi connectivity index (χ0v) is 27.3. The van der Waals surface area contributed by atoms with Gasteiger partial charge in [0.2, 0.25) is 0 Å². The maximum atomic E-state index is 12.7. The van der Waals surface area contributed by atoms with Gasteiger partial charge in [-0.25, -0.2) is 0 Å². The maximum absolute atomic E-state index is 12.7. The Kier molecular flexibility index (Phi) is 6.79. The van der Waals surface area contributed by atoms with Gasteiger partial charge in [-0.3, -0.25) is 0 Å². The second kappa shape index (κ2) is 11.5. The van der Waals surface area contributed by atoms with Gasteiger partial charge >= 0.3 is 0 Å². The fourth-order valence-corrected chi connectivity index (χ4v) is 7.91. The number of rotatable bonds is 5. The van der Waals surface area contributed by atoms with Gasteiger partial charge in [0.05, 0.1) is 0 Å². The molecule has 0 spiro atoms. The summed E-state index contributed by atoms with van der Waals surface area (Å²) < 4.78 is 0. The van der Waals surface area contributed by atoms with Crippen molar-refractivity contribution in [3.8, 4) is 44.9 Å². The van der Waals surface area contributed by atoms with Crippen LogP contribution in [0, 0.1) is 0 Å². The van der Waals surface area contributed by atoms with E-state index in [1.54, 1.807) is 0 Å².